The number of hydrogen-bond acceptors (Lipinski definition) is 2. The fourth-order valence-corrected chi connectivity index (χ4v) is 2.43. The summed E-state index contributed by atoms with van der Waals surface area (Å²) in [5.41, 5.74) is 3.19. The molecule has 0 saturated heterocycles. The van der Waals surface area contributed by atoms with E-state index in [9.17, 15) is 9.90 Å². The first kappa shape index (κ1) is 13.9. The Morgan fingerprint density at radius 3 is 2.37 bits per heavy atom. The molecular formula is C15H14INO2. The van der Waals surface area contributed by atoms with Crippen LogP contribution in [0.5, 0.6) is 5.75 Å². The second-order valence-corrected chi connectivity index (χ2v) is 5.74. The summed E-state index contributed by atoms with van der Waals surface area (Å²) in [7, 11) is 0. The zero-order valence-corrected chi connectivity index (χ0v) is 12.9. The highest BCUT2D eigenvalue weighted by Gasteiger charge is 2.12. The van der Waals surface area contributed by atoms with Crippen LogP contribution in [0.25, 0.3) is 0 Å². The van der Waals surface area contributed by atoms with E-state index >= 15 is 0 Å². The summed E-state index contributed by atoms with van der Waals surface area (Å²) in [6, 6.07) is 10.8. The monoisotopic (exact) mass is 367 g/mol. The zero-order valence-electron chi connectivity index (χ0n) is 10.7. The molecule has 4 heteroatoms. The van der Waals surface area contributed by atoms with Crippen LogP contribution in [0.3, 0.4) is 0 Å². The lowest BCUT2D eigenvalue weighted by Crippen LogP contribution is -2.12. The first-order valence-electron chi connectivity index (χ1n) is 5.84. The molecule has 3 nitrogen and oxygen atoms in total. The average molecular weight is 367 g/mol. The van der Waals surface area contributed by atoms with Crippen molar-refractivity contribution in [3.05, 3.63) is 56.7 Å². The van der Waals surface area contributed by atoms with E-state index in [0.717, 1.165) is 20.4 Å². The van der Waals surface area contributed by atoms with Gasteiger partial charge in [-0.05, 0) is 77.9 Å². The number of aryl methyl sites for hydroxylation is 2. The van der Waals surface area contributed by atoms with E-state index < -0.39 is 0 Å². The SMILES string of the molecule is Cc1cc(C)cc(NC(=O)c2cc(I)ccc2O)c1. The molecule has 0 aromatic heterocycles. The van der Waals surface area contributed by atoms with Gasteiger partial charge in [-0.2, -0.15) is 0 Å². The molecule has 1 amide bonds. The molecule has 0 spiro atoms. The van der Waals surface area contributed by atoms with Crippen molar-refractivity contribution in [1.29, 1.82) is 0 Å². The van der Waals surface area contributed by atoms with E-state index in [1.165, 1.54) is 6.07 Å². The number of phenols is 1. The first-order valence-corrected chi connectivity index (χ1v) is 6.92. The average Bonchev–Trinajstić information content (AvgIpc) is 2.30. The predicted molar refractivity (Wildman–Crippen MR) is 84.7 cm³/mol. The molecule has 19 heavy (non-hydrogen) atoms. The Balaban J connectivity index is 2.28. The highest BCUT2D eigenvalue weighted by Crippen LogP contribution is 2.22. The number of amides is 1. The Labute approximate surface area is 125 Å². The van der Waals surface area contributed by atoms with Gasteiger partial charge in [-0.15, -0.1) is 0 Å². The second kappa shape index (κ2) is 5.61. The minimum Gasteiger partial charge on any atom is -0.507 e. The Bertz CT molecular complexity index is 618. The molecule has 0 atom stereocenters. The number of rotatable bonds is 2. The van der Waals surface area contributed by atoms with E-state index in [1.54, 1.807) is 12.1 Å². The molecule has 0 fully saturated rings. The summed E-state index contributed by atoms with van der Waals surface area (Å²) in [4.78, 5) is 12.1. The molecule has 0 radical (unpaired) electrons. The van der Waals surface area contributed by atoms with Gasteiger partial charge in [-0.3, -0.25) is 4.79 Å². The minimum absolute atomic E-state index is 0.0118. The van der Waals surface area contributed by atoms with Gasteiger partial charge in [-0.25, -0.2) is 0 Å². The van der Waals surface area contributed by atoms with Crippen molar-refractivity contribution in [2.45, 2.75) is 13.8 Å². The van der Waals surface area contributed by atoms with E-state index in [2.05, 4.69) is 27.9 Å². The number of carbonyl (C=O) groups excluding carboxylic acids is 1. The molecule has 0 unspecified atom stereocenters. The van der Waals surface area contributed by atoms with Gasteiger partial charge < -0.3 is 10.4 Å². The maximum Gasteiger partial charge on any atom is 0.259 e. The van der Waals surface area contributed by atoms with E-state index in [0.29, 0.717) is 0 Å². The van der Waals surface area contributed by atoms with Crippen LogP contribution in [-0.2, 0) is 0 Å². The van der Waals surface area contributed by atoms with Crippen molar-refractivity contribution in [1.82, 2.24) is 0 Å². The van der Waals surface area contributed by atoms with Gasteiger partial charge >= 0.3 is 0 Å². The number of benzene rings is 2. The molecular weight excluding hydrogens is 353 g/mol. The smallest absolute Gasteiger partial charge is 0.259 e. The first-order chi connectivity index (χ1) is 8.95. The summed E-state index contributed by atoms with van der Waals surface area (Å²) >= 11 is 2.11. The highest BCUT2D eigenvalue weighted by atomic mass is 127. The molecule has 0 aliphatic carbocycles. The highest BCUT2D eigenvalue weighted by molar-refractivity contribution is 14.1. The van der Waals surface area contributed by atoms with Crippen LogP contribution in [0.1, 0.15) is 21.5 Å². The maximum atomic E-state index is 12.1. The molecule has 0 saturated carbocycles. The van der Waals surface area contributed by atoms with E-state index in [4.69, 9.17) is 0 Å². The lowest BCUT2D eigenvalue weighted by molar-refractivity contribution is 0.102. The van der Waals surface area contributed by atoms with Crippen molar-refractivity contribution < 1.29 is 9.90 Å². The lowest BCUT2D eigenvalue weighted by Gasteiger charge is -2.09. The molecule has 0 heterocycles. The van der Waals surface area contributed by atoms with Crippen LogP contribution >= 0.6 is 22.6 Å². The maximum absolute atomic E-state index is 12.1. The predicted octanol–water partition coefficient (Wildman–Crippen LogP) is 3.87. The lowest BCUT2D eigenvalue weighted by atomic mass is 10.1. The molecule has 0 aliphatic rings. The third-order valence-electron chi connectivity index (χ3n) is 2.68. The minimum atomic E-state index is -0.305. The molecule has 2 aromatic carbocycles. The van der Waals surface area contributed by atoms with Crippen LogP contribution in [0.4, 0.5) is 5.69 Å². The quantitative estimate of drug-likeness (QED) is 0.792. The number of nitrogens with one attached hydrogen (secondary N) is 1. The zero-order chi connectivity index (χ0) is 14.0. The standard InChI is InChI=1S/C15H14INO2/c1-9-5-10(2)7-12(6-9)17-15(19)13-8-11(16)3-4-14(13)18/h3-8,18H,1-2H3,(H,17,19). The van der Waals surface area contributed by atoms with Gasteiger partial charge in [0.25, 0.3) is 5.91 Å². The number of anilines is 1. The van der Waals surface area contributed by atoms with Crippen LogP contribution in [0.15, 0.2) is 36.4 Å². The fraction of sp³-hybridized carbons (Fsp3) is 0.133. The van der Waals surface area contributed by atoms with Gasteiger partial charge in [0.05, 0.1) is 5.56 Å². The summed E-state index contributed by atoms with van der Waals surface area (Å²) in [5.74, 6) is -0.316. The number of carbonyl (C=O) groups is 1. The van der Waals surface area contributed by atoms with Gasteiger partial charge in [0.2, 0.25) is 0 Å². The van der Waals surface area contributed by atoms with Crippen molar-refractivity contribution in [2.24, 2.45) is 0 Å². The number of aromatic hydroxyl groups is 1. The molecule has 2 N–H and O–H groups in total. The van der Waals surface area contributed by atoms with Crippen LogP contribution in [0.2, 0.25) is 0 Å². The van der Waals surface area contributed by atoms with Crippen LogP contribution in [0, 0.1) is 17.4 Å². The largest absolute Gasteiger partial charge is 0.507 e. The van der Waals surface area contributed by atoms with Crippen LogP contribution in [-0.4, -0.2) is 11.0 Å². The molecule has 98 valence electrons. The van der Waals surface area contributed by atoms with Crippen molar-refractivity contribution in [3.63, 3.8) is 0 Å². The third kappa shape index (κ3) is 3.47. The van der Waals surface area contributed by atoms with Gasteiger partial charge in [0.1, 0.15) is 5.75 Å². The molecule has 2 rings (SSSR count). The molecule has 0 aliphatic heterocycles. The summed E-state index contributed by atoms with van der Waals surface area (Å²) in [5, 5.41) is 12.5. The molecule has 0 bridgehead atoms. The van der Waals surface area contributed by atoms with Crippen LogP contribution < -0.4 is 5.32 Å². The summed E-state index contributed by atoms with van der Waals surface area (Å²) < 4.78 is 0.904. The van der Waals surface area contributed by atoms with Gasteiger partial charge in [-0.1, -0.05) is 6.07 Å². The summed E-state index contributed by atoms with van der Waals surface area (Å²) in [6.45, 7) is 3.96. The Kier molecular flexibility index (Phi) is 4.09. The fourth-order valence-electron chi connectivity index (χ4n) is 1.94. The Morgan fingerprint density at radius 1 is 1.11 bits per heavy atom. The summed E-state index contributed by atoms with van der Waals surface area (Å²) in [6.07, 6.45) is 0. The second-order valence-electron chi connectivity index (χ2n) is 4.49. The molecule has 2 aromatic rings. The van der Waals surface area contributed by atoms with Gasteiger partial charge in [0, 0.05) is 9.26 Å². The third-order valence-corrected chi connectivity index (χ3v) is 3.35. The number of phenolic OH excluding ortho intramolecular Hbond substituents is 1. The van der Waals surface area contributed by atoms with Crippen molar-refractivity contribution in [2.75, 3.05) is 5.32 Å². The van der Waals surface area contributed by atoms with E-state index in [-0.39, 0.29) is 17.2 Å². The topological polar surface area (TPSA) is 49.3 Å². The van der Waals surface area contributed by atoms with Crippen molar-refractivity contribution in [3.8, 4) is 5.75 Å². The Morgan fingerprint density at radius 2 is 1.74 bits per heavy atom. The van der Waals surface area contributed by atoms with Gasteiger partial charge in [0.15, 0.2) is 0 Å². The van der Waals surface area contributed by atoms with Crippen molar-refractivity contribution >= 4 is 34.2 Å². The normalized spacial score (nSPS) is 10.3. The Hall–Kier alpha value is -1.56. The van der Waals surface area contributed by atoms with E-state index in [1.807, 2.05) is 32.0 Å². The number of halogens is 1. The number of hydrogen-bond donors (Lipinski definition) is 2.